The van der Waals surface area contributed by atoms with Crippen LogP contribution in [-0.2, 0) is 19.1 Å². The topological polar surface area (TPSA) is 149 Å². The predicted octanol–water partition coefficient (Wildman–Crippen LogP) is 7.40. The number of hydrogen-bond donors (Lipinski definition) is 3. The van der Waals surface area contributed by atoms with Crippen molar-refractivity contribution >= 4 is 78.4 Å². The molecule has 2 saturated heterocycles. The number of fused-ring (bicyclic) bond motifs is 2. The van der Waals surface area contributed by atoms with Gasteiger partial charge in [0, 0.05) is 36.0 Å². The zero-order valence-electron chi connectivity index (χ0n) is 33.1. The number of nitrogens with zero attached hydrogens (tertiary/aromatic N) is 4. The Morgan fingerprint density at radius 1 is 0.678 bits per heavy atom. The van der Waals surface area contributed by atoms with Gasteiger partial charge in [0.1, 0.15) is 32.7 Å². The molecule has 4 heterocycles. The summed E-state index contributed by atoms with van der Waals surface area (Å²) < 4.78 is 16.0. The maximum Gasteiger partial charge on any atom is 0.249 e. The monoisotopic (exact) mass is 867 g/mol. The number of thiazole rings is 2. The van der Waals surface area contributed by atoms with Gasteiger partial charge in [-0.1, -0.05) is 48.5 Å². The van der Waals surface area contributed by atoms with Crippen molar-refractivity contribution in [2.24, 2.45) is 11.6 Å². The predicted molar refractivity (Wildman–Crippen MR) is 240 cm³/mol. The molecule has 0 aliphatic carbocycles. The number of nitrogens with one attached hydrogen (secondary N) is 1. The summed E-state index contributed by atoms with van der Waals surface area (Å²) in [4.78, 5) is 43.2. The summed E-state index contributed by atoms with van der Waals surface area (Å²) in [6.07, 6.45) is 3.04. The van der Waals surface area contributed by atoms with E-state index in [9.17, 15) is 9.59 Å². The van der Waals surface area contributed by atoms with Crippen LogP contribution >= 0.6 is 46.2 Å². The Labute approximate surface area is 361 Å². The van der Waals surface area contributed by atoms with E-state index >= 15 is 0 Å². The van der Waals surface area contributed by atoms with Crippen LogP contribution in [0.15, 0.2) is 107 Å². The molecule has 2 amide bonds. The Morgan fingerprint density at radius 3 is 1.54 bits per heavy atom. The quantitative estimate of drug-likeness (QED) is 0.0410. The second-order valence-electron chi connectivity index (χ2n) is 15.2. The summed E-state index contributed by atoms with van der Waals surface area (Å²) in [7, 11) is 4.27. The van der Waals surface area contributed by atoms with Crippen molar-refractivity contribution < 1.29 is 19.1 Å². The molecule has 6 aromatic rings. The summed E-state index contributed by atoms with van der Waals surface area (Å²) in [6.45, 7) is 3.86. The normalized spacial score (nSPS) is 18.2. The second kappa shape index (κ2) is 19.2. The first-order valence-corrected chi connectivity index (χ1v) is 23.3. The van der Waals surface area contributed by atoms with Crippen LogP contribution in [0.5, 0.6) is 0 Å². The molecule has 0 saturated carbocycles. The van der Waals surface area contributed by atoms with Crippen molar-refractivity contribution in [2.45, 2.75) is 70.4 Å². The molecule has 0 radical (unpaired) electrons. The fourth-order valence-electron chi connectivity index (χ4n) is 7.59. The number of aromatic nitrogens is 2. The van der Waals surface area contributed by atoms with Gasteiger partial charge in [0.25, 0.3) is 0 Å². The van der Waals surface area contributed by atoms with Crippen LogP contribution in [0.25, 0.3) is 20.4 Å². The van der Waals surface area contributed by atoms with Gasteiger partial charge in [0.05, 0.1) is 32.6 Å². The number of nitrogens with two attached hydrogens (primary N) is 2. The fourth-order valence-corrected chi connectivity index (χ4v) is 12.1. The first-order valence-electron chi connectivity index (χ1n) is 19.9. The SMILES string of the molecule is CN1CCC(OC(c2cccc(SC(C(N)=O)C(Sc3cccc(C(OC4CCN(C)CC4)c4nc5ccccc5s4)c3)C(=O)NN)c2)c2nc3ccccc3s2)CC1. The first kappa shape index (κ1) is 41.8. The number of amides is 2. The van der Waals surface area contributed by atoms with Crippen molar-refractivity contribution in [2.75, 3.05) is 40.3 Å². The van der Waals surface area contributed by atoms with Crippen molar-refractivity contribution in [3.8, 4) is 0 Å². The minimum atomic E-state index is -0.964. The van der Waals surface area contributed by atoms with Crippen LogP contribution in [0.4, 0.5) is 0 Å². The van der Waals surface area contributed by atoms with Crippen LogP contribution in [-0.4, -0.2) is 94.6 Å². The summed E-state index contributed by atoms with van der Waals surface area (Å²) >= 11 is 5.76. The molecule has 8 rings (SSSR count). The van der Waals surface area contributed by atoms with E-state index in [-0.39, 0.29) is 12.2 Å². The molecule has 2 aromatic heterocycles. The molecular formula is C44H49N7O4S4. The van der Waals surface area contributed by atoms with Crippen molar-refractivity contribution in [3.63, 3.8) is 0 Å². The molecule has 2 fully saturated rings. The van der Waals surface area contributed by atoms with Crippen molar-refractivity contribution in [3.05, 3.63) is 118 Å². The van der Waals surface area contributed by atoms with Crippen LogP contribution in [0.3, 0.4) is 0 Å². The number of hydrogen-bond acceptors (Lipinski definition) is 13. The van der Waals surface area contributed by atoms with Crippen LogP contribution in [0.1, 0.15) is 59.0 Å². The van der Waals surface area contributed by atoms with Gasteiger partial charge in [-0.3, -0.25) is 15.0 Å². The third-order valence-corrected chi connectivity index (χ3v) is 15.7. The first-order chi connectivity index (χ1) is 28.7. The number of para-hydroxylation sites is 2. The smallest absolute Gasteiger partial charge is 0.249 e. The van der Waals surface area contributed by atoms with E-state index in [0.29, 0.717) is 0 Å². The summed E-state index contributed by atoms with van der Waals surface area (Å²) in [5.74, 6) is 4.66. The van der Waals surface area contributed by atoms with E-state index in [1.54, 1.807) is 22.7 Å². The zero-order valence-corrected chi connectivity index (χ0v) is 36.3. The summed E-state index contributed by atoms with van der Waals surface area (Å²) in [5, 5.41) is -0.169. The van der Waals surface area contributed by atoms with Gasteiger partial charge < -0.3 is 25.0 Å². The Kier molecular flexibility index (Phi) is 13.6. The largest absolute Gasteiger partial charge is 0.369 e. The fraction of sp³-hybridized carbons (Fsp3) is 0.364. The van der Waals surface area contributed by atoms with Gasteiger partial charge in [0.15, 0.2) is 0 Å². The number of carbonyl (C=O) groups excluding carboxylic acids is 2. The molecule has 4 unspecified atom stereocenters. The highest BCUT2D eigenvalue weighted by Gasteiger charge is 2.36. The van der Waals surface area contributed by atoms with E-state index in [2.05, 4.69) is 41.5 Å². The maximum atomic E-state index is 13.6. The summed E-state index contributed by atoms with van der Waals surface area (Å²) in [6, 6.07) is 32.1. The van der Waals surface area contributed by atoms with E-state index in [1.807, 2.05) is 84.9 Å². The van der Waals surface area contributed by atoms with Gasteiger partial charge in [-0.15, -0.1) is 46.2 Å². The minimum Gasteiger partial charge on any atom is -0.369 e. The Balaban J connectivity index is 1.07. The number of rotatable bonds is 15. The Bertz CT molecular complexity index is 2310. The number of carbonyl (C=O) groups is 2. The molecule has 5 N–H and O–H groups in total. The van der Waals surface area contributed by atoms with Crippen LogP contribution < -0.4 is 17.0 Å². The molecule has 15 heteroatoms. The maximum absolute atomic E-state index is 13.6. The number of piperidine rings is 2. The molecule has 308 valence electrons. The minimum absolute atomic E-state index is 0.0747. The van der Waals surface area contributed by atoms with E-state index in [4.69, 9.17) is 31.0 Å². The standard InChI is InChI=1S/C44H49N7O4S4/c1-50-21-17-29(18-22-50)54-37(43-47-33-13-3-5-15-35(33)58-43)27-9-7-11-31(25-27)56-39(41(45)52)40(42(53)49-46)57-32-12-8-10-28(26-32)38(55-30-19-23-51(2)24-20-30)44-48-34-14-4-6-16-36(34)59-44/h3-16,25-26,29-30,37-40H,17-24,46H2,1-2H3,(H2,45,52)(H,49,53). The third-order valence-electron chi connectivity index (χ3n) is 10.9. The number of likely N-dealkylation sites (tertiary alicyclic amines) is 2. The van der Waals surface area contributed by atoms with Crippen molar-refractivity contribution in [1.29, 1.82) is 0 Å². The van der Waals surface area contributed by atoms with Crippen LogP contribution in [0, 0.1) is 0 Å². The van der Waals surface area contributed by atoms with Crippen LogP contribution in [0.2, 0.25) is 0 Å². The van der Waals surface area contributed by atoms with Gasteiger partial charge in [-0.2, -0.15) is 0 Å². The lowest BCUT2D eigenvalue weighted by Gasteiger charge is -2.31. The lowest BCUT2D eigenvalue weighted by atomic mass is 10.1. The average molecular weight is 868 g/mol. The number of primary amides is 1. The Hall–Kier alpha value is -3.90. The molecule has 0 spiro atoms. The van der Waals surface area contributed by atoms with E-state index < -0.39 is 34.5 Å². The number of benzene rings is 4. The van der Waals surface area contributed by atoms with Gasteiger partial charge >= 0.3 is 0 Å². The van der Waals surface area contributed by atoms with Gasteiger partial charge in [-0.05, 0) is 99.4 Å². The molecule has 2 aliphatic rings. The molecule has 0 bridgehead atoms. The zero-order chi connectivity index (χ0) is 40.9. The lowest BCUT2D eigenvalue weighted by Crippen LogP contribution is -2.46. The highest BCUT2D eigenvalue weighted by atomic mass is 32.2. The molecule has 2 aliphatic heterocycles. The molecule has 59 heavy (non-hydrogen) atoms. The second-order valence-corrected chi connectivity index (χ2v) is 19.8. The summed E-state index contributed by atoms with van der Waals surface area (Å²) in [5.41, 5.74) is 12.1. The lowest BCUT2D eigenvalue weighted by molar-refractivity contribution is -0.124. The van der Waals surface area contributed by atoms with E-state index in [0.717, 1.165) is 103 Å². The van der Waals surface area contributed by atoms with E-state index in [1.165, 1.54) is 23.5 Å². The molecule has 4 aromatic carbocycles. The third kappa shape index (κ3) is 10.2. The highest BCUT2D eigenvalue weighted by Crippen LogP contribution is 2.41. The number of thioether (sulfide) groups is 2. The van der Waals surface area contributed by atoms with Crippen molar-refractivity contribution in [1.82, 2.24) is 25.2 Å². The number of ether oxygens (including phenoxy) is 2. The van der Waals surface area contributed by atoms with Gasteiger partial charge in [0.2, 0.25) is 11.8 Å². The number of hydrazine groups is 1. The highest BCUT2D eigenvalue weighted by molar-refractivity contribution is 8.04. The van der Waals surface area contributed by atoms with Gasteiger partial charge in [-0.25, -0.2) is 15.8 Å². The average Bonchev–Trinajstić information content (AvgIpc) is 3.89. The molecule has 4 atom stereocenters. The molecule has 11 nitrogen and oxygen atoms in total. The Morgan fingerprint density at radius 2 is 1.12 bits per heavy atom. The molecular weight excluding hydrogens is 819 g/mol.